The maximum absolute atomic E-state index is 12.7. The molecule has 0 spiro atoms. The number of amides is 2. The minimum atomic E-state index is -0.172. The van der Waals surface area contributed by atoms with Gasteiger partial charge in [0.05, 0.1) is 17.4 Å². The lowest BCUT2D eigenvalue weighted by atomic mass is 10.0. The Kier molecular flexibility index (Phi) is 6.12. The quantitative estimate of drug-likeness (QED) is 0.533. The summed E-state index contributed by atoms with van der Waals surface area (Å²) in [5.41, 5.74) is 3.97. The molecule has 0 aliphatic heterocycles. The van der Waals surface area contributed by atoms with E-state index in [2.05, 4.69) is 26.7 Å². The molecule has 30 heavy (non-hydrogen) atoms. The van der Waals surface area contributed by atoms with Crippen LogP contribution in [0.15, 0.2) is 42.7 Å². The predicted molar refractivity (Wildman–Crippen MR) is 118 cm³/mol. The number of aromatic amines is 1. The van der Waals surface area contributed by atoms with Gasteiger partial charge in [-0.05, 0) is 30.9 Å². The molecule has 0 atom stereocenters. The summed E-state index contributed by atoms with van der Waals surface area (Å²) < 4.78 is 0. The lowest BCUT2D eigenvalue weighted by Crippen LogP contribution is -2.22. The summed E-state index contributed by atoms with van der Waals surface area (Å²) in [6, 6.07) is 9.86. The number of nitrogens with one attached hydrogen (secondary N) is 3. The van der Waals surface area contributed by atoms with E-state index in [-0.39, 0.29) is 11.8 Å². The Hall–Kier alpha value is -3.15. The number of nitrogens with zero attached hydrogens (tertiary/aromatic N) is 1. The molecule has 2 amide bonds. The third-order valence-corrected chi connectivity index (χ3v) is 5.85. The fourth-order valence-electron chi connectivity index (χ4n) is 4.22. The van der Waals surface area contributed by atoms with Crippen molar-refractivity contribution in [2.45, 2.75) is 52.0 Å². The van der Waals surface area contributed by atoms with Gasteiger partial charge in [0.25, 0.3) is 5.91 Å². The normalized spacial score (nSPS) is 14.2. The van der Waals surface area contributed by atoms with Gasteiger partial charge in [-0.15, -0.1) is 0 Å². The van der Waals surface area contributed by atoms with Crippen molar-refractivity contribution in [2.24, 2.45) is 5.92 Å². The fourth-order valence-corrected chi connectivity index (χ4v) is 4.22. The molecule has 0 unspecified atom stereocenters. The number of anilines is 1. The third-order valence-electron chi connectivity index (χ3n) is 5.85. The number of pyridine rings is 1. The summed E-state index contributed by atoms with van der Waals surface area (Å²) in [5.74, 6) is 0.517. The number of benzene rings is 1. The Balaban J connectivity index is 1.40. The van der Waals surface area contributed by atoms with Gasteiger partial charge >= 0.3 is 0 Å². The van der Waals surface area contributed by atoms with Crippen LogP contribution in [0.5, 0.6) is 0 Å². The number of rotatable bonds is 7. The molecule has 156 valence electrons. The average molecular weight is 405 g/mol. The first-order chi connectivity index (χ1) is 14.6. The first-order valence-corrected chi connectivity index (χ1v) is 10.7. The molecular weight excluding hydrogens is 376 g/mol. The van der Waals surface area contributed by atoms with Gasteiger partial charge in [-0.3, -0.25) is 9.59 Å². The van der Waals surface area contributed by atoms with Crippen LogP contribution in [0.3, 0.4) is 0 Å². The van der Waals surface area contributed by atoms with Crippen LogP contribution in [0.2, 0.25) is 0 Å². The zero-order chi connectivity index (χ0) is 20.9. The molecule has 1 saturated carbocycles. The highest BCUT2D eigenvalue weighted by Gasteiger charge is 2.17. The van der Waals surface area contributed by atoms with Crippen molar-refractivity contribution < 1.29 is 9.59 Å². The molecule has 2 heterocycles. The van der Waals surface area contributed by atoms with Crippen molar-refractivity contribution in [1.82, 2.24) is 15.3 Å². The highest BCUT2D eigenvalue weighted by Crippen LogP contribution is 2.28. The SMILES string of the molecule is Cc1cccc(CNC(=O)c2c[nH]c3ncc(NC(=O)CCC4CCCC4)cc23)c1. The number of hydrogen-bond donors (Lipinski definition) is 3. The Labute approximate surface area is 176 Å². The van der Waals surface area contributed by atoms with Crippen LogP contribution in [0.4, 0.5) is 5.69 Å². The molecule has 1 fully saturated rings. The van der Waals surface area contributed by atoms with Crippen LogP contribution in [0.1, 0.15) is 60.0 Å². The maximum atomic E-state index is 12.7. The lowest BCUT2D eigenvalue weighted by molar-refractivity contribution is -0.116. The summed E-state index contributed by atoms with van der Waals surface area (Å²) in [4.78, 5) is 32.4. The molecule has 0 radical (unpaired) electrons. The smallest absolute Gasteiger partial charge is 0.253 e. The number of carbonyl (C=O) groups is 2. The van der Waals surface area contributed by atoms with Gasteiger partial charge in [0, 0.05) is 24.5 Å². The predicted octanol–water partition coefficient (Wildman–Crippen LogP) is 4.71. The van der Waals surface area contributed by atoms with E-state index in [1.165, 1.54) is 25.7 Å². The minimum absolute atomic E-state index is 0.00374. The summed E-state index contributed by atoms with van der Waals surface area (Å²) in [6.07, 6.45) is 9.81. The van der Waals surface area contributed by atoms with Gasteiger partial charge in [-0.25, -0.2) is 4.98 Å². The standard InChI is InChI=1S/C24H28N4O2/c1-16-5-4-8-18(11-16)13-27-24(30)21-15-26-23-20(21)12-19(14-25-23)28-22(29)10-9-17-6-2-3-7-17/h4-5,8,11-12,14-15,17H,2-3,6-7,9-10,13H2,1H3,(H,25,26)(H,27,30)(H,28,29). The first kappa shape index (κ1) is 20.1. The van der Waals surface area contributed by atoms with E-state index in [1.54, 1.807) is 12.4 Å². The second kappa shape index (κ2) is 9.11. The van der Waals surface area contributed by atoms with Gasteiger partial charge in [-0.2, -0.15) is 0 Å². The molecule has 4 rings (SSSR count). The zero-order valence-corrected chi connectivity index (χ0v) is 17.3. The van der Waals surface area contributed by atoms with Crippen molar-refractivity contribution in [2.75, 3.05) is 5.32 Å². The van der Waals surface area contributed by atoms with E-state index in [4.69, 9.17) is 0 Å². The summed E-state index contributed by atoms with van der Waals surface area (Å²) >= 11 is 0. The first-order valence-electron chi connectivity index (χ1n) is 10.7. The minimum Gasteiger partial charge on any atom is -0.348 e. The molecule has 1 aromatic carbocycles. The van der Waals surface area contributed by atoms with E-state index in [1.807, 2.05) is 31.2 Å². The van der Waals surface area contributed by atoms with Crippen LogP contribution < -0.4 is 10.6 Å². The largest absolute Gasteiger partial charge is 0.348 e. The Bertz CT molecular complexity index is 1050. The molecule has 0 bridgehead atoms. The Morgan fingerprint density at radius 1 is 1.20 bits per heavy atom. The summed E-state index contributed by atoms with van der Waals surface area (Å²) in [6.45, 7) is 2.48. The average Bonchev–Trinajstić information content (AvgIpc) is 3.40. The summed E-state index contributed by atoms with van der Waals surface area (Å²) in [5, 5.41) is 6.59. The van der Waals surface area contributed by atoms with Crippen LogP contribution in [0.25, 0.3) is 11.0 Å². The maximum Gasteiger partial charge on any atom is 0.253 e. The monoisotopic (exact) mass is 404 g/mol. The molecular formula is C24H28N4O2. The van der Waals surface area contributed by atoms with Crippen molar-refractivity contribution >= 4 is 28.5 Å². The number of aromatic nitrogens is 2. The molecule has 1 aliphatic rings. The molecule has 0 saturated heterocycles. The molecule has 2 aromatic heterocycles. The number of carbonyl (C=O) groups excluding carboxylic acids is 2. The van der Waals surface area contributed by atoms with Crippen LogP contribution >= 0.6 is 0 Å². The van der Waals surface area contributed by atoms with Crippen LogP contribution in [-0.2, 0) is 11.3 Å². The van der Waals surface area contributed by atoms with Crippen LogP contribution in [0, 0.1) is 12.8 Å². The number of fused-ring (bicyclic) bond motifs is 1. The van der Waals surface area contributed by atoms with E-state index >= 15 is 0 Å². The second-order valence-corrected chi connectivity index (χ2v) is 8.23. The van der Waals surface area contributed by atoms with E-state index in [0.29, 0.717) is 41.2 Å². The highest BCUT2D eigenvalue weighted by molar-refractivity contribution is 6.07. The molecule has 3 aromatic rings. The van der Waals surface area contributed by atoms with Gasteiger partial charge in [0.1, 0.15) is 5.65 Å². The topological polar surface area (TPSA) is 86.9 Å². The number of H-pyrrole nitrogens is 1. The fraction of sp³-hybridized carbons (Fsp3) is 0.375. The third kappa shape index (κ3) is 4.87. The van der Waals surface area contributed by atoms with Gasteiger partial charge < -0.3 is 15.6 Å². The van der Waals surface area contributed by atoms with E-state index in [9.17, 15) is 9.59 Å². The molecule has 6 nitrogen and oxygen atoms in total. The van der Waals surface area contributed by atoms with Crippen molar-refractivity contribution in [3.8, 4) is 0 Å². The second-order valence-electron chi connectivity index (χ2n) is 8.23. The molecule has 1 aliphatic carbocycles. The lowest BCUT2D eigenvalue weighted by Gasteiger charge is -2.09. The molecule has 3 N–H and O–H groups in total. The number of hydrogen-bond acceptors (Lipinski definition) is 3. The Morgan fingerprint density at radius 3 is 2.83 bits per heavy atom. The van der Waals surface area contributed by atoms with Crippen molar-refractivity contribution in [3.63, 3.8) is 0 Å². The van der Waals surface area contributed by atoms with Gasteiger partial charge in [0.15, 0.2) is 0 Å². The molecule has 6 heteroatoms. The summed E-state index contributed by atoms with van der Waals surface area (Å²) in [7, 11) is 0. The highest BCUT2D eigenvalue weighted by atomic mass is 16.2. The van der Waals surface area contributed by atoms with Crippen LogP contribution in [-0.4, -0.2) is 21.8 Å². The van der Waals surface area contributed by atoms with E-state index < -0.39 is 0 Å². The Morgan fingerprint density at radius 2 is 2.03 bits per heavy atom. The zero-order valence-electron chi connectivity index (χ0n) is 17.3. The van der Waals surface area contributed by atoms with Crippen molar-refractivity contribution in [3.05, 3.63) is 59.4 Å². The van der Waals surface area contributed by atoms with Crippen molar-refractivity contribution in [1.29, 1.82) is 0 Å². The van der Waals surface area contributed by atoms with Gasteiger partial charge in [0.2, 0.25) is 5.91 Å². The number of aryl methyl sites for hydroxylation is 1. The van der Waals surface area contributed by atoms with E-state index in [0.717, 1.165) is 17.5 Å². The van der Waals surface area contributed by atoms with Gasteiger partial charge in [-0.1, -0.05) is 55.5 Å².